The SMILES string of the molecule is CCCN(C)c1ccc(/C=C/C=C2\CCC(C)(C)C2=O)cc1. The molecule has 1 aliphatic carbocycles. The number of carbonyl (C=O) groups is 1. The molecular formula is C20H27NO. The Morgan fingerprint density at radius 1 is 1.23 bits per heavy atom. The van der Waals surface area contributed by atoms with Gasteiger partial charge in [-0.05, 0) is 42.5 Å². The molecule has 118 valence electrons. The van der Waals surface area contributed by atoms with Gasteiger partial charge in [-0.2, -0.15) is 0 Å². The van der Waals surface area contributed by atoms with Crippen LogP contribution < -0.4 is 4.90 Å². The van der Waals surface area contributed by atoms with Crippen molar-refractivity contribution < 1.29 is 4.79 Å². The number of hydrogen-bond acceptors (Lipinski definition) is 2. The maximum Gasteiger partial charge on any atom is 0.164 e. The fraction of sp³-hybridized carbons (Fsp3) is 0.450. The first-order chi connectivity index (χ1) is 10.4. The standard InChI is InChI=1S/C20H27NO/c1-5-15-21(4)18-11-9-16(10-12-18)7-6-8-17-13-14-20(2,3)19(17)22/h6-12H,5,13-15H2,1-4H3/b7-6+,17-8+. The molecule has 1 saturated carbocycles. The molecule has 2 heteroatoms. The number of anilines is 1. The molecule has 0 atom stereocenters. The fourth-order valence-corrected chi connectivity index (χ4v) is 2.85. The van der Waals surface area contributed by atoms with Crippen molar-refractivity contribution in [1.82, 2.24) is 0 Å². The summed E-state index contributed by atoms with van der Waals surface area (Å²) in [4.78, 5) is 14.4. The van der Waals surface area contributed by atoms with Gasteiger partial charge in [0, 0.05) is 24.7 Å². The minimum absolute atomic E-state index is 0.175. The number of carbonyl (C=O) groups excluding carboxylic acids is 1. The topological polar surface area (TPSA) is 20.3 Å². The monoisotopic (exact) mass is 297 g/mol. The van der Waals surface area contributed by atoms with Crippen molar-refractivity contribution in [3.8, 4) is 0 Å². The molecule has 0 unspecified atom stereocenters. The summed E-state index contributed by atoms with van der Waals surface area (Å²) >= 11 is 0. The van der Waals surface area contributed by atoms with Gasteiger partial charge in [-0.25, -0.2) is 0 Å². The van der Waals surface area contributed by atoms with Crippen molar-refractivity contribution in [2.24, 2.45) is 5.41 Å². The van der Waals surface area contributed by atoms with Crippen molar-refractivity contribution in [1.29, 1.82) is 0 Å². The summed E-state index contributed by atoms with van der Waals surface area (Å²) in [5.41, 5.74) is 3.19. The molecule has 0 aromatic heterocycles. The van der Waals surface area contributed by atoms with Gasteiger partial charge in [-0.1, -0.05) is 51.1 Å². The quantitative estimate of drug-likeness (QED) is 0.723. The maximum absolute atomic E-state index is 12.1. The lowest BCUT2D eigenvalue weighted by Gasteiger charge is -2.18. The zero-order chi connectivity index (χ0) is 16.2. The van der Waals surface area contributed by atoms with Crippen LogP contribution in [0.5, 0.6) is 0 Å². The number of hydrogen-bond donors (Lipinski definition) is 0. The highest BCUT2D eigenvalue weighted by molar-refractivity contribution is 6.01. The molecule has 1 fully saturated rings. The Labute approximate surface area is 134 Å². The lowest BCUT2D eigenvalue weighted by Crippen LogP contribution is -2.17. The Morgan fingerprint density at radius 3 is 2.45 bits per heavy atom. The van der Waals surface area contributed by atoms with Crippen molar-refractivity contribution in [2.75, 3.05) is 18.5 Å². The van der Waals surface area contributed by atoms with Crippen LogP contribution in [0.4, 0.5) is 5.69 Å². The van der Waals surface area contributed by atoms with Gasteiger partial charge in [-0.15, -0.1) is 0 Å². The number of allylic oxidation sites excluding steroid dienone is 3. The van der Waals surface area contributed by atoms with E-state index < -0.39 is 0 Å². The van der Waals surface area contributed by atoms with Crippen LogP contribution in [-0.4, -0.2) is 19.4 Å². The Bertz CT molecular complexity index is 578. The van der Waals surface area contributed by atoms with Crippen LogP contribution in [0.3, 0.4) is 0 Å². The van der Waals surface area contributed by atoms with E-state index in [2.05, 4.69) is 49.2 Å². The average molecular weight is 297 g/mol. The summed E-state index contributed by atoms with van der Waals surface area (Å²) in [6, 6.07) is 8.53. The predicted molar refractivity (Wildman–Crippen MR) is 95.1 cm³/mol. The molecule has 2 nitrogen and oxygen atoms in total. The summed E-state index contributed by atoms with van der Waals surface area (Å²) < 4.78 is 0. The molecule has 0 bridgehead atoms. The number of nitrogens with zero attached hydrogens (tertiary/aromatic N) is 1. The van der Waals surface area contributed by atoms with Gasteiger partial charge >= 0.3 is 0 Å². The molecule has 0 aliphatic heterocycles. The van der Waals surface area contributed by atoms with Crippen molar-refractivity contribution >= 4 is 17.5 Å². The first kappa shape index (κ1) is 16.5. The van der Waals surface area contributed by atoms with Crippen LogP contribution in [0.15, 0.2) is 42.0 Å². The first-order valence-electron chi connectivity index (χ1n) is 8.17. The summed E-state index contributed by atoms with van der Waals surface area (Å²) in [6.45, 7) is 7.32. The molecule has 0 N–H and O–H groups in total. The molecule has 0 saturated heterocycles. The van der Waals surface area contributed by atoms with E-state index in [0.717, 1.165) is 36.9 Å². The second-order valence-corrected chi connectivity index (χ2v) is 6.78. The van der Waals surface area contributed by atoms with Crippen LogP contribution in [0.2, 0.25) is 0 Å². The van der Waals surface area contributed by atoms with E-state index in [-0.39, 0.29) is 5.41 Å². The smallest absolute Gasteiger partial charge is 0.164 e. The molecule has 0 radical (unpaired) electrons. The third-order valence-corrected chi connectivity index (χ3v) is 4.40. The van der Waals surface area contributed by atoms with Gasteiger partial charge in [0.15, 0.2) is 5.78 Å². The average Bonchev–Trinajstić information content (AvgIpc) is 2.75. The number of benzene rings is 1. The van der Waals surface area contributed by atoms with Crippen LogP contribution >= 0.6 is 0 Å². The van der Waals surface area contributed by atoms with Gasteiger partial charge in [0.2, 0.25) is 0 Å². The zero-order valence-corrected chi connectivity index (χ0v) is 14.2. The van der Waals surface area contributed by atoms with Gasteiger partial charge in [0.05, 0.1) is 0 Å². The van der Waals surface area contributed by atoms with Crippen molar-refractivity contribution in [3.63, 3.8) is 0 Å². The Balaban J connectivity index is 2.01. The van der Waals surface area contributed by atoms with Gasteiger partial charge in [0.1, 0.15) is 0 Å². The molecule has 0 heterocycles. The van der Waals surface area contributed by atoms with E-state index in [1.807, 2.05) is 26.0 Å². The van der Waals surface area contributed by atoms with E-state index in [1.54, 1.807) is 0 Å². The maximum atomic E-state index is 12.1. The van der Waals surface area contributed by atoms with E-state index in [4.69, 9.17) is 0 Å². The first-order valence-corrected chi connectivity index (χ1v) is 8.17. The van der Waals surface area contributed by atoms with Crippen LogP contribution in [0, 0.1) is 5.41 Å². The minimum atomic E-state index is -0.175. The van der Waals surface area contributed by atoms with Crippen LogP contribution in [0.25, 0.3) is 6.08 Å². The molecule has 0 spiro atoms. The van der Waals surface area contributed by atoms with E-state index in [9.17, 15) is 4.79 Å². The highest BCUT2D eigenvalue weighted by atomic mass is 16.1. The minimum Gasteiger partial charge on any atom is -0.375 e. The lowest BCUT2D eigenvalue weighted by molar-refractivity contribution is -0.121. The summed E-state index contributed by atoms with van der Waals surface area (Å²) in [6.07, 6.45) is 9.06. The molecule has 0 amide bonds. The van der Waals surface area contributed by atoms with Gasteiger partial charge in [0.25, 0.3) is 0 Å². The van der Waals surface area contributed by atoms with Gasteiger partial charge in [-0.3, -0.25) is 4.79 Å². The summed E-state index contributed by atoms with van der Waals surface area (Å²) in [5, 5.41) is 0. The molecule has 22 heavy (non-hydrogen) atoms. The van der Waals surface area contributed by atoms with E-state index in [0.29, 0.717) is 5.78 Å². The number of ketones is 1. The Hall–Kier alpha value is -1.83. The van der Waals surface area contributed by atoms with Crippen molar-refractivity contribution in [3.05, 3.63) is 47.6 Å². The van der Waals surface area contributed by atoms with E-state index in [1.165, 1.54) is 5.69 Å². The molecular weight excluding hydrogens is 270 g/mol. The predicted octanol–water partition coefficient (Wildman–Crippen LogP) is 4.86. The second-order valence-electron chi connectivity index (χ2n) is 6.78. The van der Waals surface area contributed by atoms with Gasteiger partial charge < -0.3 is 4.90 Å². The number of rotatable bonds is 5. The Kier molecular flexibility index (Phi) is 5.23. The molecule has 2 rings (SSSR count). The largest absolute Gasteiger partial charge is 0.375 e. The highest BCUT2D eigenvalue weighted by Crippen LogP contribution is 2.37. The third-order valence-electron chi connectivity index (χ3n) is 4.40. The van der Waals surface area contributed by atoms with Crippen LogP contribution in [0.1, 0.15) is 45.6 Å². The fourth-order valence-electron chi connectivity index (χ4n) is 2.85. The molecule has 1 aromatic rings. The summed E-state index contributed by atoms with van der Waals surface area (Å²) in [7, 11) is 2.12. The number of Topliss-reactive ketones (excluding diaryl/α,β-unsaturated/α-hetero) is 1. The third kappa shape index (κ3) is 3.88. The molecule has 1 aliphatic rings. The zero-order valence-electron chi connectivity index (χ0n) is 14.2. The highest BCUT2D eigenvalue weighted by Gasteiger charge is 2.35. The van der Waals surface area contributed by atoms with Crippen LogP contribution in [-0.2, 0) is 4.79 Å². The lowest BCUT2D eigenvalue weighted by atomic mass is 9.90. The normalized spacial score (nSPS) is 19.3. The van der Waals surface area contributed by atoms with E-state index >= 15 is 0 Å². The Morgan fingerprint density at radius 2 is 1.91 bits per heavy atom. The summed E-state index contributed by atoms with van der Waals surface area (Å²) in [5.74, 6) is 0.300. The van der Waals surface area contributed by atoms with Crippen molar-refractivity contribution in [2.45, 2.75) is 40.0 Å². The second kappa shape index (κ2) is 6.95. The molecule has 1 aromatic carbocycles.